The number of H-pyrrole nitrogens is 4. The van der Waals surface area contributed by atoms with Crippen molar-refractivity contribution in [2.24, 2.45) is 0 Å². The molecule has 5 aromatic carbocycles. The molecule has 0 radical (unpaired) electrons. The molecule has 4 aliphatic heterocycles. The van der Waals surface area contributed by atoms with Crippen molar-refractivity contribution >= 4 is 123 Å². The molecule has 4 aromatic heterocycles. The number of benzene rings is 5. The van der Waals surface area contributed by atoms with Gasteiger partial charge in [-0.3, -0.25) is 12.6 Å². The first-order valence-electron chi connectivity index (χ1n) is 31.0. The van der Waals surface area contributed by atoms with Gasteiger partial charge in [-0.1, -0.05) is 78.4 Å². The summed E-state index contributed by atoms with van der Waals surface area (Å²) in [6.07, 6.45) is 17.6. The van der Waals surface area contributed by atoms with Crippen LogP contribution in [-0.2, 0) is 56.9 Å². The summed E-state index contributed by atoms with van der Waals surface area (Å²) in [6, 6.07) is 31.5. The van der Waals surface area contributed by atoms with Gasteiger partial charge in [-0.25, -0.2) is 17.3 Å². The van der Waals surface area contributed by atoms with Crippen LogP contribution in [0.5, 0.6) is 5.75 Å². The van der Waals surface area contributed by atoms with Crippen molar-refractivity contribution in [3.8, 4) is 5.75 Å². The predicted octanol–water partition coefficient (Wildman–Crippen LogP) is 12.9. The number of halogens is 5. The van der Waals surface area contributed by atoms with E-state index in [-0.39, 0.29) is 5.02 Å². The lowest BCUT2D eigenvalue weighted by molar-refractivity contribution is -0.137. The highest BCUT2D eigenvalue weighted by Gasteiger charge is 2.32. The van der Waals surface area contributed by atoms with E-state index in [4.69, 9.17) is 21.1 Å². The number of nitrogens with zero attached hydrogens (tertiary/aromatic N) is 4. The predicted molar refractivity (Wildman–Crippen MR) is 382 cm³/mol. The molecule has 3 unspecified atom stereocenters. The maximum atomic E-state index is 13.7. The fourth-order valence-corrected chi connectivity index (χ4v) is 16.6. The Balaban J connectivity index is 0.000000137. The number of fused-ring (bicyclic) bond motifs is 4. The Morgan fingerprint density at radius 3 is 1.63 bits per heavy atom. The van der Waals surface area contributed by atoms with E-state index in [0.717, 1.165) is 118 Å². The minimum absolute atomic E-state index is 0.113. The molecule has 8 heterocycles. The topological polar surface area (TPSA) is 192 Å². The SMILES string of the molecule is C=S(C)(=O)N1CC=C(c2c[nH]c3cc(C(F)(F)F)ccc23)CC1.C=S(C)(=O)N1CC=C(c2c[nH]c3cc(Cl)c(F)cc23)CC1.C=S(C)(=O)N1CCC(c2c[nH]c3cc(OCc4ccccc4)ccc23)CC1.COCCNS(=O)(=O)N1CCC(c2c[nH]c3ccccc23)CC1. The standard InChI is InChI=1S/C22H26N2O2S.C16H17F3N2OS.C16H23N3O3S.C15H16ClFN2OS/c1-27(2,25)24-12-10-18(11-13-24)21-15-23-22-14-19(8-9-20(21)22)26-16-17-6-4-3-5-7-17;1-23(2,22)21-7-5-11(6-8-21)14-10-20-15-9-12(16(17,18)19)3-4-13(14)15;1-22-11-8-18-23(20,21)19-9-6-13(7-10-19)15-12-17-16-5-3-2-4-14(15)16;1-21(2,20)19-5-3-10(4-6-19)12-9-18-15-8-13(16)14(17)7-11(12)15/h3-9,14-15,18,23H,1,10-13,16H2,2H3;3-5,9-10,20H,1,6-8H2,2H3;2-5,12-13,17-18H,6-11H2,1H3;3,7-9,18H,1,4-6H2,2H3. The molecule has 5 N–H and O–H groups in total. The minimum Gasteiger partial charge on any atom is -0.489 e. The Bertz CT molecular complexity index is 4670. The van der Waals surface area contributed by atoms with Crippen molar-refractivity contribution in [1.82, 2.24) is 41.9 Å². The van der Waals surface area contributed by atoms with Gasteiger partial charge in [0, 0.05) is 199 Å². The van der Waals surface area contributed by atoms with E-state index < -0.39 is 56.9 Å². The second-order valence-electron chi connectivity index (χ2n) is 24.4. The fourth-order valence-electron chi connectivity index (χ4n) is 12.5. The van der Waals surface area contributed by atoms with Crippen LogP contribution in [0.3, 0.4) is 0 Å². The van der Waals surface area contributed by atoms with Gasteiger partial charge in [-0.05, 0) is 138 Å². The number of nitrogens with one attached hydrogen (secondary N) is 5. The Kier molecular flexibility index (Phi) is 22.2. The van der Waals surface area contributed by atoms with Crippen molar-refractivity contribution in [2.45, 2.75) is 63.1 Å². The normalized spacial score (nSPS) is 18.8. The summed E-state index contributed by atoms with van der Waals surface area (Å²) in [6.45, 7) is 6.47. The van der Waals surface area contributed by atoms with E-state index in [1.807, 2.05) is 67.7 Å². The maximum Gasteiger partial charge on any atom is 0.416 e. The van der Waals surface area contributed by atoms with Gasteiger partial charge in [0.2, 0.25) is 0 Å². The number of hydrogen-bond acceptors (Lipinski definition) is 7. The van der Waals surface area contributed by atoms with Crippen LogP contribution < -0.4 is 9.46 Å². The van der Waals surface area contributed by atoms with E-state index in [2.05, 4.69) is 91.1 Å². The van der Waals surface area contributed by atoms with E-state index in [0.29, 0.717) is 82.8 Å². The fraction of sp³-hybridized carbons (Fsp3) is 0.348. The van der Waals surface area contributed by atoms with Crippen LogP contribution >= 0.6 is 11.6 Å². The van der Waals surface area contributed by atoms with Gasteiger partial charge in [0.15, 0.2) is 0 Å². The van der Waals surface area contributed by atoms with Gasteiger partial charge in [0.25, 0.3) is 10.2 Å². The third kappa shape index (κ3) is 17.3. The largest absolute Gasteiger partial charge is 0.489 e. The number of aromatic amines is 4. The third-order valence-corrected chi connectivity index (χ3v) is 23.9. The Morgan fingerprint density at radius 1 is 0.574 bits per heavy atom. The average Bonchev–Trinajstić information content (AvgIpc) is 1.64. The van der Waals surface area contributed by atoms with Gasteiger partial charge < -0.3 is 29.4 Å². The maximum absolute atomic E-state index is 13.7. The molecule has 0 aliphatic carbocycles. The van der Waals surface area contributed by atoms with Gasteiger partial charge in [0.05, 0.1) is 17.2 Å². The highest BCUT2D eigenvalue weighted by Crippen LogP contribution is 2.39. The molecule has 2 fully saturated rings. The number of rotatable bonds is 15. The zero-order valence-corrected chi connectivity index (χ0v) is 57.3. The van der Waals surface area contributed by atoms with Gasteiger partial charge in [0.1, 0.15) is 18.2 Å². The quantitative estimate of drug-likeness (QED) is 0.0383. The van der Waals surface area contributed by atoms with E-state index >= 15 is 0 Å². The summed E-state index contributed by atoms with van der Waals surface area (Å²) in [4.78, 5) is 12.7. The van der Waals surface area contributed by atoms with Crippen molar-refractivity contribution in [1.29, 1.82) is 0 Å². The lowest BCUT2D eigenvalue weighted by atomic mass is 9.90. The monoisotopic (exact) mass is 1390 g/mol. The zero-order chi connectivity index (χ0) is 67.2. The van der Waals surface area contributed by atoms with Crippen LogP contribution in [0, 0.1) is 5.82 Å². The summed E-state index contributed by atoms with van der Waals surface area (Å²) < 4.78 is 133. The first-order valence-corrected chi connectivity index (χ1v) is 39.1. The number of para-hydroxylation sites is 1. The number of methoxy groups -OCH3 is 1. The number of ether oxygens (including phenoxy) is 2. The van der Waals surface area contributed by atoms with Gasteiger partial charge in [-0.15, -0.1) is 0 Å². The first kappa shape index (κ1) is 70.1. The van der Waals surface area contributed by atoms with Gasteiger partial charge in [-0.2, -0.15) is 30.6 Å². The Hall–Kier alpha value is -6.68. The molecule has 9 aromatic rings. The molecule has 4 aliphatic rings. The molecule has 25 heteroatoms. The summed E-state index contributed by atoms with van der Waals surface area (Å²) in [5.74, 6) is 12.5. The summed E-state index contributed by atoms with van der Waals surface area (Å²) in [7, 11) is -8.32. The smallest absolute Gasteiger partial charge is 0.416 e. The third-order valence-electron chi connectivity index (χ3n) is 17.7. The second kappa shape index (κ2) is 29.8. The Labute approximate surface area is 554 Å². The first-order chi connectivity index (χ1) is 44.6. The number of hydrogen-bond donors (Lipinski definition) is 5. The minimum atomic E-state index is -4.35. The lowest BCUT2D eigenvalue weighted by Crippen LogP contribution is -2.45. The molecule has 3 atom stereocenters. The summed E-state index contributed by atoms with van der Waals surface area (Å²) >= 11 is 5.80. The Morgan fingerprint density at radius 2 is 1.07 bits per heavy atom. The lowest BCUT2D eigenvalue weighted by Gasteiger charge is -2.32. The van der Waals surface area contributed by atoms with E-state index in [1.54, 1.807) is 38.1 Å². The number of alkyl halides is 3. The molecule has 0 amide bonds. The van der Waals surface area contributed by atoms with Crippen LogP contribution in [0.25, 0.3) is 54.8 Å². The van der Waals surface area contributed by atoms with E-state index in [9.17, 15) is 38.6 Å². The summed E-state index contributed by atoms with van der Waals surface area (Å²) in [5, 5.41) is 4.20. The van der Waals surface area contributed by atoms with Crippen molar-refractivity contribution in [3.05, 3.63) is 184 Å². The van der Waals surface area contributed by atoms with Crippen LogP contribution in [0.1, 0.15) is 83.7 Å². The number of aromatic nitrogens is 4. The second-order valence-corrected chi connectivity index (χ2v) is 33.8. The molecular formula is C69H82ClF4N9O7S4. The molecule has 94 heavy (non-hydrogen) atoms. The van der Waals surface area contributed by atoms with Crippen molar-refractivity contribution in [2.75, 3.05) is 91.4 Å². The van der Waals surface area contributed by atoms with Crippen molar-refractivity contribution in [3.63, 3.8) is 0 Å². The van der Waals surface area contributed by atoms with Crippen LogP contribution in [0.15, 0.2) is 140 Å². The zero-order valence-electron chi connectivity index (χ0n) is 53.2. The molecular weight excluding hydrogens is 1310 g/mol. The number of piperidine rings is 2. The average molecular weight is 1390 g/mol. The molecule has 16 nitrogen and oxygen atoms in total. The molecule has 0 spiro atoms. The highest BCUT2D eigenvalue weighted by atomic mass is 35.5. The van der Waals surface area contributed by atoms with Gasteiger partial charge >= 0.3 is 6.18 Å². The molecule has 0 saturated carbocycles. The summed E-state index contributed by atoms with van der Waals surface area (Å²) in [5.41, 5.74) is 10.7. The van der Waals surface area contributed by atoms with Crippen LogP contribution in [0.4, 0.5) is 17.6 Å². The van der Waals surface area contributed by atoms with Crippen molar-refractivity contribution < 1.29 is 48.1 Å². The van der Waals surface area contributed by atoms with E-state index in [1.165, 1.54) is 38.3 Å². The van der Waals surface area contributed by atoms with Crippen LogP contribution in [-0.4, -0.2) is 167 Å². The highest BCUT2D eigenvalue weighted by molar-refractivity contribution is 7.98. The molecule has 0 bridgehead atoms. The molecule has 2 saturated heterocycles. The molecule has 504 valence electrons. The molecule has 13 rings (SSSR count). The van der Waals surface area contributed by atoms with Crippen LogP contribution in [0.2, 0.25) is 5.02 Å².